The van der Waals surface area contributed by atoms with E-state index >= 15 is 0 Å². The van der Waals surface area contributed by atoms with Gasteiger partial charge >= 0.3 is 6.03 Å². The number of ether oxygens (including phenoxy) is 1. The SMILES string of the molecule is CC(C)NC(=O)c1noc(CNC(=O)NC[C@H]2CN(Cc3ccc(F)c(F)c3)CCO2)n1. The van der Waals surface area contributed by atoms with Gasteiger partial charge in [-0.2, -0.15) is 4.98 Å². The quantitative estimate of drug-likeness (QED) is 0.550. The van der Waals surface area contributed by atoms with Gasteiger partial charge in [0.1, 0.15) is 0 Å². The Labute approximate surface area is 183 Å². The van der Waals surface area contributed by atoms with Gasteiger partial charge in [-0.25, -0.2) is 13.6 Å². The Morgan fingerprint density at radius 1 is 1.25 bits per heavy atom. The summed E-state index contributed by atoms with van der Waals surface area (Å²) in [4.78, 5) is 29.8. The monoisotopic (exact) mass is 452 g/mol. The molecule has 10 nitrogen and oxygen atoms in total. The molecule has 0 radical (unpaired) electrons. The molecule has 1 aromatic heterocycles. The Balaban J connectivity index is 1.39. The van der Waals surface area contributed by atoms with Crippen molar-refractivity contribution in [3.8, 4) is 0 Å². The van der Waals surface area contributed by atoms with Crippen LogP contribution in [0.4, 0.5) is 13.6 Å². The summed E-state index contributed by atoms with van der Waals surface area (Å²) in [5.74, 6) is -2.21. The molecule has 3 amide bonds. The number of hydrogen-bond donors (Lipinski definition) is 3. The summed E-state index contributed by atoms with van der Waals surface area (Å²) >= 11 is 0. The van der Waals surface area contributed by atoms with Gasteiger partial charge in [-0.15, -0.1) is 0 Å². The number of hydrogen-bond acceptors (Lipinski definition) is 7. The highest BCUT2D eigenvalue weighted by molar-refractivity contribution is 5.90. The van der Waals surface area contributed by atoms with E-state index in [0.29, 0.717) is 31.8 Å². The summed E-state index contributed by atoms with van der Waals surface area (Å²) in [6.07, 6.45) is -0.255. The van der Waals surface area contributed by atoms with Crippen LogP contribution >= 0.6 is 0 Å². The van der Waals surface area contributed by atoms with Gasteiger partial charge in [0.25, 0.3) is 11.7 Å². The number of aromatic nitrogens is 2. The van der Waals surface area contributed by atoms with Gasteiger partial charge in [0.05, 0.1) is 19.3 Å². The lowest BCUT2D eigenvalue weighted by atomic mass is 10.1. The van der Waals surface area contributed by atoms with E-state index < -0.39 is 23.6 Å². The van der Waals surface area contributed by atoms with Crippen LogP contribution in [0.15, 0.2) is 22.7 Å². The average molecular weight is 452 g/mol. The number of amides is 3. The highest BCUT2D eigenvalue weighted by Gasteiger charge is 2.22. The third-order valence-electron chi connectivity index (χ3n) is 4.59. The van der Waals surface area contributed by atoms with Crippen molar-refractivity contribution in [3.05, 3.63) is 47.1 Å². The Bertz CT molecular complexity index is 939. The van der Waals surface area contributed by atoms with E-state index in [0.717, 1.165) is 6.07 Å². The smallest absolute Gasteiger partial charge is 0.315 e. The summed E-state index contributed by atoms with van der Waals surface area (Å²) in [5.41, 5.74) is 0.663. The van der Waals surface area contributed by atoms with E-state index in [1.165, 1.54) is 6.07 Å². The van der Waals surface area contributed by atoms with E-state index in [-0.39, 0.29) is 37.0 Å². The third-order valence-corrected chi connectivity index (χ3v) is 4.59. The van der Waals surface area contributed by atoms with Crippen LogP contribution in [-0.4, -0.2) is 65.4 Å². The van der Waals surface area contributed by atoms with Crippen molar-refractivity contribution in [1.29, 1.82) is 0 Å². The molecule has 0 bridgehead atoms. The number of carbonyl (C=O) groups is 2. The van der Waals surface area contributed by atoms with Crippen molar-refractivity contribution in [3.63, 3.8) is 0 Å². The van der Waals surface area contributed by atoms with Gasteiger partial charge in [0.15, 0.2) is 11.6 Å². The zero-order valence-corrected chi connectivity index (χ0v) is 17.9. The molecule has 12 heteroatoms. The Kier molecular flexibility index (Phi) is 8.06. The van der Waals surface area contributed by atoms with Gasteiger partial charge < -0.3 is 25.2 Å². The molecule has 1 aliphatic rings. The number of urea groups is 1. The fraction of sp³-hybridized carbons (Fsp3) is 0.500. The molecule has 1 saturated heterocycles. The second-order valence-corrected chi connectivity index (χ2v) is 7.68. The van der Waals surface area contributed by atoms with Crippen LogP contribution in [0.2, 0.25) is 0 Å². The normalized spacial score (nSPS) is 16.7. The number of morpholine rings is 1. The van der Waals surface area contributed by atoms with E-state index in [2.05, 4.69) is 26.1 Å². The molecule has 32 heavy (non-hydrogen) atoms. The number of rotatable bonds is 8. The maximum atomic E-state index is 13.4. The van der Waals surface area contributed by atoms with Gasteiger partial charge in [-0.3, -0.25) is 9.69 Å². The maximum Gasteiger partial charge on any atom is 0.315 e. The molecule has 0 aliphatic carbocycles. The third kappa shape index (κ3) is 6.95. The molecular weight excluding hydrogens is 426 g/mol. The topological polar surface area (TPSA) is 122 Å². The summed E-state index contributed by atoms with van der Waals surface area (Å²) in [6.45, 7) is 5.91. The summed E-state index contributed by atoms with van der Waals surface area (Å²) in [6, 6.07) is 3.31. The first kappa shape index (κ1) is 23.5. The molecule has 3 N–H and O–H groups in total. The first-order valence-corrected chi connectivity index (χ1v) is 10.2. The fourth-order valence-electron chi connectivity index (χ4n) is 3.11. The minimum absolute atomic E-state index is 0.0401. The number of nitrogens with zero attached hydrogens (tertiary/aromatic N) is 3. The van der Waals surface area contributed by atoms with E-state index in [9.17, 15) is 18.4 Å². The molecule has 2 heterocycles. The van der Waals surface area contributed by atoms with Gasteiger partial charge in [-0.1, -0.05) is 11.2 Å². The van der Waals surface area contributed by atoms with Crippen molar-refractivity contribution in [2.45, 2.75) is 39.1 Å². The van der Waals surface area contributed by atoms with Gasteiger partial charge in [-0.05, 0) is 31.5 Å². The molecular formula is C20H26F2N6O4. The van der Waals surface area contributed by atoms with Crippen LogP contribution in [0.3, 0.4) is 0 Å². The van der Waals surface area contributed by atoms with Gasteiger partial charge in [0.2, 0.25) is 5.89 Å². The second-order valence-electron chi connectivity index (χ2n) is 7.68. The first-order chi connectivity index (χ1) is 15.3. The van der Waals surface area contributed by atoms with Crippen molar-refractivity contribution in [2.75, 3.05) is 26.2 Å². The van der Waals surface area contributed by atoms with Crippen LogP contribution in [0.25, 0.3) is 0 Å². The molecule has 1 aliphatic heterocycles. The van der Waals surface area contributed by atoms with E-state index in [1.54, 1.807) is 6.07 Å². The second kappa shape index (κ2) is 11.0. The Morgan fingerprint density at radius 2 is 2.06 bits per heavy atom. The van der Waals surface area contributed by atoms with Crippen LogP contribution < -0.4 is 16.0 Å². The molecule has 0 saturated carbocycles. The van der Waals surface area contributed by atoms with Crippen molar-refractivity contribution >= 4 is 11.9 Å². The highest BCUT2D eigenvalue weighted by atomic mass is 19.2. The molecule has 0 unspecified atom stereocenters. The summed E-state index contributed by atoms with van der Waals surface area (Å²) in [7, 11) is 0. The lowest BCUT2D eigenvalue weighted by Crippen LogP contribution is -2.48. The zero-order valence-electron chi connectivity index (χ0n) is 17.9. The fourth-order valence-corrected chi connectivity index (χ4v) is 3.11. The average Bonchev–Trinajstić information content (AvgIpc) is 3.23. The van der Waals surface area contributed by atoms with Crippen LogP contribution in [0.5, 0.6) is 0 Å². The van der Waals surface area contributed by atoms with Crippen LogP contribution in [0, 0.1) is 11.6 Å². The summed E-state index contributed by atoms with van der Waals surface area (Å²) < 4.78 is 37.1. The number of benzene rings is 1. The largest absolute Gasteiger partial charge is 0.374 e. The molecule has 1 aromatic carbocycles. The molecule has 1 atom stereocenters. The van der Waals surface area contributed by atoms with E-state index in [1.807, 2.05) is 18.7 Å². The predicted molar refractivity (Wildman–Crippen MR) is 109 cm³/mol. The van der Waals surface area contributed by atoms with Crippen molar-refractivity contribution in [1.82, 2.24) is 31.0 Å². The summed E-state index contributed by atoms with van der Waals surface area (Å²) in [5, 5.41) is 11.5. The van der Waals surface area contributed by atoms with E-state index in [4.69, 9.17) is 9.26 Å². The number of nitrogens with one attached hydrogen (secondary N) is 3. The van der Waals surface area contributed by atoms with Crippen LogP contribution in [-0.2, 0) is 17.8 Å². The predicted octanol–water partition coefficient (Wildman–Crippen LogP) is 1.19. The zero-order chi connectivity index (χ0) is 23.1. The minimum Gasteiger partial charge on any atom is -0.374 e. The van der Waals surface area contributed by atoms with Crippen LogP contribution in [0.1, 0.15) is 35.9 Å². The Morgan fingerprint density at radius 3 is 2.81 bits per heavy atom. The molecule has 3 rings (SSSR count). The lowest BCUT2D eigenvalue weighted by Gasteiger charge is -2.33. The van der Waals surface area contributed by atoms with Gasteiger partial charge in [0, 0.05) is 32.2 Å². The minimum atomic E-state index is -0.876. The molecule has 2 aromatic rings. The number of halogens is 2. The van der Waals surface area contributed by atoms with Crippen molar-refractivity contribution in [2.24, 2.45) is 0 Å². The van der Waals surface area contributed by atoms with Crippen molar-refractivity contribution < 1.29 is 27.6 Å². The standard InChI is InChI=1S/C20H26F2N6O4/c1-12(2)25-19(29)18-26-17(32-27-18)9-24-20(30)23-8-14-11-28(5-6-31-14)10-13-3-4-15(21)16(22)7-13/h3-4,7,12,14H,5-6,8-11H2,1-2H3,(H,25,29)(H2,23,24,30)/t14-/m0/s1. The molecule has 0 spiro atoms. The Hall–Kier alpha value is -3.12. The molecule has 1 fully saturated rings. The first-order valence-electron chi connectivity index (χ1n) is 10.2. The number of carbonyl (C=O) groups excluding carboxylic acids is 2. The highest BCUT2D eigenvalue weighted by Crippen LogP contribution is 2.13. The lowest BCUT2D eigenvalue weighted by molar-refractivity contribution is -0.0287. The molecule has 174 valence electrons. The maximum absolute atomic E-state index is 13.4.